The van der Waals surface area contributed by atoms with E-state index >= 15 is 0 Å². The van der Waals surface area contributed by atoms with Crippen LogP contribution in [-0.2, 0) is 22.6 Å². The number of nitrogens with zero attached hydrogens (tertiary/aromatic N) is 1. The summed E-state index contributed by atoms with van der Waals surface area (Å²) in [5, 5.41) is 40.2. The number of carboxylic acid groups (broad SMARTS) is 2. The molecule has 4 N–H and O–H groups in total. The first-order valence-corrected chi connectivity index (χ1v) is 12.6. The molecule has 1 aromatic carbocycles. The van der Waals surface area contributed by atoms with Gasteiger partial charge in [0, 0.05) is 24.0 Å². The molecule has 2 aliphatic rings. The van der Waals surface area contributed by atoms with Crippen LogP contribution in [-0.4, -0.2) is 60.9 Å². The second-order valence-corrected chi connectivity index (χ2v) is 10.5. The minimum Gasteiger partial charge on any atom is -0.508 e. The summed E-state index contributed by atoms with van der Waals surface area (Å²) >= 11 is 0. The Hall–Kier alpha value is -3.33. The Morgan fingerprint density at radius 1 is 1.16 bits per heavy atom. The molecule has 3 atom stereocenters. The lowest BCUT2D eigenvalue weighted by atomic mass is 9.84. The maximum absolute atomic E-state index is 13.1. The van der Waals surface area contributed by atoms with Crippen LogP contribution in [0.5, 0.6) is 11.5 Å². The number of aliphatic carboxylic acids is 2. The fourth-order valence-electron chi connectivity index (χ4n) is 4.95. The Morgan fingerprint density at radius 3 is 2.49 bits per heavy atom. The molecule has 2 aliphatic heterocycles. The van der Waals surface area contributed by atoms with E-state index in [0.29, 0.717) is 29.7 Å². The first-order chi connectivity index (χ1) is 17.3. The molecule has 0 aromatic heterocycles. The Labute approximate surface area is 217 Å². The number of phenolic OH excluding ortho intramolecular Hbond substituents is 1. The largest absolute Gasteiger partial charge is 0.508 e. The summed E-state index contributed by atoms with van der Waals surface area (Å²) in [4.78, 5) is 37.1. The molecule has 3 rings (SSSR count). The van der Waals surface area contributed by atoms with Gasteiger partial charge in [0.05, 0.1) is 18.2 Å². The SMILES string of the molecule is CC(C)=CCCC(C)=CCCC1(C)Oc2c(c(O)cc3c2CN(C(CCC(=O)O)C(=O)O)C3=O)CC1O. The highest BCUT2D eigenvalue weighted by Gasteiger charge is 2.45. The third-order valence-corrected chi connectivity index (χ3v) is 7.24. The van der Waals surface area contributed by atoms with Crippen molar-refractivity contribution < 1.29 is 39.5 Å². The fourth-order valence-corrected chi connectivity index (χ4v) is 4.95. The minimum absolute atomic E-state index is 0.0804. The molecule has 0 spiro atoms. The highest BCUT2D eigenvalue weighted by molar-refractivity contribution is 6.02. The summed E-state index contributed by atoms with van der Waals surface area (Å²) < 4.78 is 6.32. The number of fused-ring (bicyclic) bond motifs is 3. The Bertz CT molecular complexity index is 1130. The minimum atomic E-state index is -1.33. The molecule has 9 heteroatoms. The van der Waals surface area contributed by atoms with Crippen molar-refractivity contribution in [3.05, 3.63) is 46.1 Å². The normalized spacial score (nSPS) is 21.6. The second kappa shape index (κ2) is 11.4. The van der Waals surface area contributed by atoms with E-state index in [9.17, 15) is 29.7 Å². The summed E-state index contributed by atoms with van der Waals surface area (Å²) in [7, 11) is 0. The van der Waals surface area contributed by atoms with Crippen LogP contribution in [0.2, 0.25) is 0 Å². The van der Waals surface area contributed by atoms with Crippen LogP contribution in [0.15, 0.2) is 29.4 Å². The number of amides is 1. The van der Waals surface area contributed by atoms with Gasteiger partial charge in [-0.1, -0.05) is 23.3 Å². The van der Waals surface area contributed by atoms with Crippen LogP contribution >= 0.6 is 0 Å². The molecule has 1 amide bonds. The van der Waals surface area contributed by atoms with Crippen LogP contribution in [0.3, 0.4) is 0 Å². The quantitative estimate of drug-likeness (QED) is 0.321. The number of hydrogen-bond donors (Lipinski definition) is 4. The van der Waals surface area contributed by atoms with Gasteiger partial charge in [-0.2, -0.15) is 0 Å². The lowest BCUT2D eigenvalue weighted by Gasteiger charge is -2.41. The molecule has 0 saturated heterocycles. The smallest absolute Gasteiger partial charge is 0.326 e. The van der Waals surface area contributed by atoms with Gasteiger partial charge in [-0.25, -0.2) is 4.79 Å². The maximum Gasteiger partial charge on any atom is 0.326 e. The van der Waals surface area contributed by atoms with Crippen molar-refractivity contribution in [2.24, 2.45) is 0 Å². The fraction of sp³-hybridized carbons (Fsp3) is 0.536. The highest BCUT2D eigenvalue weighted by Crippen LogP contribution is 2.46. The molecular formula is C28H37NO8. The van der Waals surface area contributed by atoms with Gasteiger partial charge in [-0.05, 0) is 65.9 Å². The Balaban J connectivity index is 1.83. The number of phenols is 1. The second-order valence-electron chi connectivity index (χ2n) is 10.5. The van der Waals surface area contributed by atoms with E-state index in [-0.39, 0.29) is 30.7 Å². The van der Waals surface area contributed by atoms with E-state index < -0.39 is 42.0 Å². The average Bonchev–Trinajstić information content (AvgIpc) is 3.11. The summed E-state index contributed by atoms with van der Waals surface area (Å²) in [6, 6.07) is -0.0435. The van der Waals surface area contributed by atoms with Crippen LogP contribution in [0.4, 0.5) is 0 Å². The zero-order valence-corrected chi connectivity index (χ0v) is 21.9. The summed E-state index contributed by atoms with van der Waals surface area (Å²) in [5.41, 5.74) is 2.51. The van der Waals surface area contributed by atoms with Crippen LogP contribution < -0.4 is 4.74 Å². The molecule has 0 radical (unpaired) electrons. The Morgan fingerprint density at radius 2 is 1.86 bits per heavy atom. The van der Waals surface area contributed by atoms with Crippen molar-refractivity contribution in [2.45, 2.75) is 96.9 Å². The number of carbonyl (C=O) groups excluding carboxylic acids is 1. The van der Waals surface area contributed by atoms with Gasteiger partial charge in [-0.15, -0.1) is 0 Å². The van der Waals surface area contributed by atoms with Gasteiger partial charge >= 0.3 is 11.9 Å². The molecule has 9 nitrogen and oxygen atoms in total. The average molecular weight is 516 g/mol. The number of aromatic hydroxyl groups is 1. The number of aliphatic hydroxyl groups is 1. The van der Waals surface area contributed by atoms with Crippen LogP contribution in [0.1, 0.15) is 87.7 Å². The number of benzene rings is 1. The highest BCUT2D eigenvalue weighted by atomic mass is 16.5. The maximum atomic E-state index is 13.1. The molecule has 37 heavy (non-hydrogen) atoms. The standard InChI is InChI=1S/C28H37NO8/c1-16(2)7-5-8-17(3)9-6-12-28(4)23(31)14-19-22(30)13-18-20(25(19)37-28)15-29(26(18)34)21(27(35)36)10-11-24(32)33/h7,9,13,21,23,30-31H,5-6,8,10-12,14-15H2,1-4H3,(H,32,33)(H,35,36). The van der Waals surface area contributed by atoms with Gasteiger partial charge in [0.15, 0.2) is 0 Å². The van der Waals surface area contributed by atoms with E-state index in [1.807, 2.05) is 0 Å². The molecule has 0 aliphatic carbocycles. The van der Waals surface area contributed by atoms with E-state index in [0.717, 1.165) is 17.7 Å². The van der Waals surface area contributed by atoms with Gasteiger partial charge < -0.3 is 30.1 Å². The van der Waals surface area contributed by atoms with Crippen molar-refractivity contribution in [2.75, 3.05) is 0 Å². The molecule has 2 heterocycles. The summed E-state index contributed by atoms with van der Waals surface area (Å²) in [5.74, 6) is -2.95. The summed E-state index contributed by atoms with van der Waals surface area (Å²) in [6.07, 6.45) is 6.01. The predicted molar refractivity (Wildman–Crippen MR) is 137 cm³/mol. The number of aliphatic hydroxyl groups excluding tert-OH is 1. The zero-order valence-electron chi connectivity index (χ0n) is 21.9. The molecule has 1 aromatic rings. The molecular weight excluding hydrogens is 478 g/mol. The van der Waals surface area contributed by atoms with E-state index in [1.165, 1.54) is 17.2 Å². The molecule has 0 bridgehead atoms. The monoisotopic (exact) mass is 515 g/mol. The predicted octanol–water partition coefficient (Wildman–Crippen LogP) is 4.19. The van der Waals surface area contributed by atoms with E-state index in [2.05, 4.69) is 32.9 Å². The lowest BCUT2D eigenvalue weighted by Crippen LogP contribution is -2.49. The van der Waals surface area contributed by atoms with Crippen LogP contribution in [0, 0.1) is 0 Å². The number of carbonyl (C=O) groups is 3. The number of hydrogen-bond acceptors (Lipinski definition) is 6. The molecule has 3 unspecified atom stereocenters. The summed E-state index contributed by atoms with van der Waals surface area (Å²) in [6.45, 7) is 7.92. The lowest BCUT2D eigenvalue weighted by molar-refractivity contribution is -0.143. The van der Waals surface area contributed by atoms with E-state index in [1.54, 1.807) is 6.92 Å². The van der Waals surface area contributed by atoms with Crippen molar-refractivity contribution in [3.8, 4) is 11.5 Å². The van der Waals surface area contributed by atoms with Gasteiger partial charge in [0.1, 0.15) is 23.1 Å². The Kier molecular flexibility index (Phi) is 8.68. The first kappa shape index (κ1) is 28.2. The number of rotatable bonds is 11. The van der Waals surface area contributed by atoms with Crippen molar-refractivity contribution >= 4 is 17.8 Å². The third kappa shape index (κ3) is 6.33. The van der Waals surface area contributed by atoms with Crippen molar-refractivity contribution in [3.63, 3.8) is 0 Å². The number of ether oxygens (including phenoxy) is 1. The number of allylic oxidation sites excluding steroid dienone is 4. The first-order valence-electron chi connectivity index (χ1n) is 12.6. The zero-order chi connectivity index (χ0) is 27.5. The van der Waals surface area contributed by atoms with Gasteiger partial charge in [0.25, 0.3) is 5.91 Å². The molecule has 202 valence electrons. The topological polar surface area (TPSA) is 145 Å². The van der Waals surface area contributed by atoms with Gasteiger partial charge in [-0.3, -0.25) is 9.59 Å². The van der Waals surface area contributed by atoms with Crippen molar-refractivity contribution in [1.29, 1.82) is 0 Å². The van der Waals surface area contributed by atoms with E-state index in [4.69, 9.17) is 9.84 Å². The van der Waals surface area contributed by atoms with Gasteiger partial charge in [0.2, 0.25) is 0 Å². The number of carboxylic acids is 2. The third-order valence-electron chi connectivity index (χ3n) is 7.24. The van der Waals surface area contributed by atoms with Crippen molar-refractivity contribution in [1.82, 2.24) is 4.90 Å². The molecule has 0 fully saturated rings. The molecule has 0 saturated carbocycles. The van der Waals surface area contributed by atoms with Crippen LogP contribution in [0.25, 0.3) is 0 Å².